The van der Waals surface area contributed by atoms with E-state index in [4.69, 9.17) is 14.2 Å². The predicted molar refractivity (Wildman–Crippen MR) is 138 cm³/mol. The molecule has 0 N–H and O–H groups in total. The largest absolute Gasteiger partial charge is 0.493 e. The monoisotopic (exact) mass is 519 g/mol. The Labute approximate surface area is 220 Å². The lowest BCUT2D eigenvalue weighted by atomic mass is 9.36. The number of aryl methyl sites for hydroxylation is 1. The number of benzene rings is 2. The van der Waals surface area contributed by atoms with Crippen molar-refractivity contribution in [3.8, 4) is 11.5 Å². The first kappa shape index (κ1) is 24.2. The topological polar surface area (TPSA) is 82.1 Å². The molecule has 0 amide bonds. The van der Waals surface area contributed by atoms with Gasteiger partial charge in [0.25, 0.3) is 0 Å². The van der Waals surface area contributed by atoms with E-state index in [-0.39, 0.29) is 46.5 Å². The number of nitrogens with zero attached hydrogens (tertiary/aromatic N) is 1. The fourth-order valence-electron chi connectivity index (χ4n) is 7.33. The van der Waals surface area contributed by atoms with Crippen LogP contribution in [-0.2, 0) is 24.5 Å². The number of esters is 2. The van der Waals surface area contributed by atoms with Crippen molar-refractivity contribution in [3.05, 3.63) is 64.9 Å². The summed E-state index contributed by atoms with van der Waals surface area (Å²) in [4.78, 5) is 41.2. The number of hydrogen-bond acceptors (Lipinski definition) is 8. The molecule has 5 atom stereocenters. The van der Waals surface area contributed by atoms with Crippen molar-refractivity contribution in [2.24, 2.45) is 5.92 Å². The molecule has 1 saturated carbocycles. The number of likely N-dealkylation sites (tertiary alicyclic amines) is 1. The smallest absolute Gasteiger partial charge is 0.308 e. The summed E-state index contributed by atoms with van der Waals surface area (Å²) in [5, 5.41) is 0.0162. The van der Waals surface area contributed by atoms with Crippen LogP contribution in [0.5, 0.6) is 11.5 Å². The van der Waals surface area contributed by atoms with Crippen LogP contribution in [-0.4, -0.2) is 48.4 Å². The third-order valence-corrected chi connectivity index (χ3v) is 9.91. The second kappa shape index (κ2) is 8.20. The van der Waals surface area contributed by atoms with Gasteiger partial charge in [0, 0.05) is 53.6 Å². The first-order valence-corrected chi connectivity index (χ1v) is 13.3. The number of fused-ring (bicyclic) bond motifs is 3. The van der Waals surface area contributed by atoms with Crippen LogP contribution < -0.4 is 9.47 Å². The Hall–Kier alpha value is -3.10. The zero-order valence-corrected chi connectivity index (χ0v) is 22.3. The highest BCUT2D eigenvalue weighted by molar-refractivity contribution is 7.99. The molecule has 2 bridgehead atoms. The van der Waals surface area contributed by atoms with Gasteiger partial charge in [0.2, 0.25) is 0 Å². The molecule has 2 aromatic carbocycles. The van der Waals surface area contributed by atoms with Crippen molar-refractivity contribution in [2.75, 3.05) is 14.2 Å². The van der Waals surface area contributed by atoms with Gasteiger partial charge in [-0.15, -0.1) is 11.8 Å². The van der Waals surface area contributed by atoms with Crippen molar-refractivity contribution in [1.82, 2.24) is 4.90 Å². The summed E-state index contributed by atoms with van der Waals surface area (Å²) >= 11 is 1.77. The highest BCUT2D eigenvalue weighted by atomic mass is 32.2. The standard InChI is InChI=1S/C29H29NO6S/c1-15-6-8-18(9-7-15)37-26-19-10-11-21(35-16(2)31)25(36-17(3)32)23(19)28-12-20(33)22(34-5)13-29(14-28)27(28)24(26)30(29)4/h6-11,13,24,26-27H,12,14H2,1-5H3/t24-,26+,27+,28+,29?/m0/s1. The van der Waals surface area contributed by atoms with Crippen molar-refractivity contribution in [3.63, 3.8) is 0 Å². The normalized spacial score (nSPS) is 31.0. The molecule has 7 nitrogen and oxygen atoms in total. The van der Waals surface area contributed by atoms with E-state index in [0.717, 1.165) is 16.0 Å². The number of likely N-dealkylation sites (N-methyl/N-ethyl adjacent to an activating group) is 1. The SMILES string of the molecule is COC1=CC23C[C@]4(CC1=O)c1c(ccc(OC(C)=O)c1OC(C)=O)[C@@H](Sc1ccc(C)cc1)[C@@H]([C@@H]24)N3C. The molecule has 0 radical (unpaired) electrons. The minimum absolute atomic E-state index is 0.0162. The van der Waals surface area contributed by atoms with E-state index in [1.165, 1.54) is 26.5 Å². The molecule has 5 aliphatic rings. The summed E-state index contributed by atoms with van der Waals surface area (Å²) in [5.74, 6) is -0.111. The van der Waals surface area contributed by atoms with Crippen LogP contribution in [0, 0.1) is 12.8 Å². The van der Waals surface area contributed by atoms with Crippen LogP contribution in [0.4, 0.5) is 0 Å². The van der Waals surface area contributed by atoms with E-state index in [1.54, 1.807) is 17.8 Å². The fourth-order valence-corrected chi connectivity index (χ4v) is 8.72. The number of Topliss-reactive ketones (excluding diaryl/α,β-unsaturated/α-hetero) is 1. The molecule has 1 aliphatic heterocycles. The molecule has 2 aromatic rings. The summed E-state index contributed by atoms with van der Waals surface area (Å²) in [6.45, 7) is 4.72. The molecule has 4 aliphatic carbocycles. The molecule has 2 fully saturated rings. The van der Waals surface area contributed by atoms with E-state index >= 15 is 0 Å². The molecule has 2 spiro atoms. The van der Waals surface area contributed by atoms with Gasteiger partial charge in [-0.3, -0.25) is 19.3 Å². The number of piperidine rings is 1. The number of allylic oxidation sites excluding steroid dienone is 1. The average Bonchev–Trinajstić information content (AvgIpc) is 3.03. The highest BCUT2D eigenvalue weighted by Crippen LogP contribution is 2.77. The van der Waals surface area contributed by atoms with Gasteiger partial charge in [-0.2, -0.15) is 0 Å². The molecule has 1 heterocycles. The van der Waals surface area contributed by atoms with Crippen molar-refractivity contribution < 1.29 is 28.6 Å². The Kier molecular flexibility index (Phi) is 5.37. The molecule has 8 heteroatoms. The van der Waals surface area contributed by atoms with Gasteiger partial charge >= 0.3 is 11.9 Å². The van der Waals surface area contributed by atoms with E-state index in [1.807, 2.05) is 12.1 Å². The van der Waals surface area contributed by atoms with Gasteiger partial charge in [0.05, 0.1) is 12.4 Å². The third kappa shape index (κ3) is 3.28. The molecule has 192 valence electrons. The van der Waals surface area contributed by atoms with E-state index in [0.29, 0.717) is 12.2 Å². The second-order valence-electron chi connectivity index (χ2n) is 10.6. The molecular weight excluding hydrogens is 490 g/mol. The third-order valence-electron chi connectivity index (χ3n) is 8.58. The van der Waals surface area contributed by atoms with Gasteiger partial charge in [-0.05, 0) is 50.2 Å². The summed E-state index contributed by atoms with van der Waals surface area (Å²) in [7, 11) is 3.66. The summed E-state index contributed by atoms with van der Waals surface area (Å²) in [6.07, 6.45) is 2.95. The molecule has 1 saturated heterocycles. The molecule has 7 rings (SSSR count). The van der Waals surface area contributed by atoms with E-state index < -0.39 is 17.4 Å². The number of carbonyl (C=O) groups excluding carboxylic acids is 3. The Balaban J connectivity index is 1.58. The Morgan fingerprint density at radius 1 is 1.05 bits per heavy atom. The predicted octanol–water partition coefficient (Wildman–Crippen LogP) is 4.51. The zero-order chi connectivity index (χ0) is 26.3. The maximum atomic E-state index is 13.4. The van der Waals surface area contributed by atoms with Crippen LogP contribution in [0.2, 0.25) is 0 Å². The number of ether oxygens (including phenoxy) is 3. The summed E-state index contributed by atoms with van der Waals surface area (Å²) in [5.41, 5.74) is 2.15. The van der Waals surface area contributed by atoms with E-state index in [2.05, 4.69) is 43.1 Å². The van der Waals surface area contributed by atoms with Crippen LogP contribution in [0.3, 0.4) is 0 Å². The van der Waals surface area contributed by atoms with Crippen molar-refractivity contribution in [1.29, 1.82) is 0 Å². The minimum atomic E-state index is -0.550. The number of carbonyl (C=O) groups is 3. The first-order valence-electron chi connectivity index (χ1n) is 12.4. The molecule has 37 heavy (non-hydrogen) atoms. The molecule has 1 unspecified atom stereocenters. The van der Waals surface area contributed by atoms with E-state index in [9.17, 15) is 14.4 Å². The van der Waals surface area contributed by atoms with Gasteiger partial charge < -0.3 is 14.2 Å². The molecular formula is C29H29NO6S. The molecule has 0 aromatic heterocycles. The summed E-state index contributed by atoms with van der Waals surface area (Å²) in [6, 6.07) is 12.3. The number of rotatable bonds is 5. The fraction of sp³-hybridized carbons (Fsp3) is 0.414. The number of hydrogen-bond donors (Lipinski definition) is 0. The number of ketones is 1. The summed E-state index contributed by atoms with van der Waals surface area (Å²) < 4.78 is 16.9. The van der Waals surface area contributed by atoms with Gasteiger partial charge in [-0.25, -0.2) is 0 Å². The van der Waals surface area contributed by atoms with Gasteiger partial charge in [-0.1, -0.05) is 23.8 Å². The maximum Gasteiger partial charge on any atom is 0.308 e. The number of thioether (sulfide) groups is 1. The minimum Gasteiger partial charge on any atom is -0.493 e. The average molecular weight is 520 g/mol. The Morgan fingerprint density at radius 3 is 2.41 bits per heavy atom. The number of methoxy groups -OCH3 is 1. The van der Waals surface area contributed by atoms with Crippen LogP contribution in [0.1, 0.15) is 48.6 Å². The van der Waals surface area contributed by atoms with Crippen LogP contribution >= 0.6 is 11.8 Å². The first-order chi connectivity index (χ1) is 17.6. The Bertz CT molecular complexity index is 1380. The second-order valence-corrected chi connectivity index (χ2v) is 11.8. The lowest BCUT2D eigenvalue weighted by molar-refractivity contribution is -0.224. The quantitative estimate of drug-likeness (QED) is 0.422. The Morgan fingerprint density at radius 2 is 1.76 bits per heavy atom. The van der Waals surface area contributed by atoms with Gasteiger partial charge in [0.15, 0.2) is 23.0 Å². The highest BCUT2D eigenvalue weighted by Gasteiger charge is 2.80. The van der Waals surface area contributed by atoms with Crippen LogP contribution in [0.25, 0.3) is 0 Å². The van der Waals surface area contributed by atoms with Crippen molar-refractivity contribution in [2.45, 2.75) is 60.8 Å². The zero-order valence-electron chi connectivity index (χ0n) is 21.5. The lowest BCUT2D eigenvalue weighted by Gasteiger charge is -2.79. The van der Waals surface area contributed by atoms with Crippen molar-refractivity contribution >= 4 is 29.5 Å². The lowest BCUT2D eigenvalue weighted by Crippen LogP contribution is -2.86. The maximum absolute atomic E-state index is 13.4. The van der Waals surface area contributed by atoms with Gasteiger partial charge in [0.1, 0.15) is 0 Å². The van der Waals surface area contributed by atoms with Crippen LogP contribution in [0.15, 0.2) is 53.1 Å².